The predicted molar refractivity (Wildman–Crippen MR) is 80.7 cm³/mol. The monoisotopic (exact) mass is 376 g/mol. The maximum Gasteiger partial charge on any atom is 0.307 e. The van der Waals surface area contributed by atoms with Gasteiger partial charge in [0.15, 0.2) is 3.79 Å². The summed E-state index contributed by atoms with van der Waals surface area (Å²) in [5.41, 5.74) is 0.704. The summed E-state index contributed by atoms with van der Waals surface area (Å²) >= 11 is 1.79. The van der Waals surface area contributed by atoms with Crippen molar-refractivity contribution in [1.29, 1.82) is 0 Å². The Hall–Kier alpha value is -1.11. The molecule has 0 aliphatic heterocycles. The van der Waals surface area contributed by atoms with Gasteiger partial charge in [0.2, 0.25) is 0 Å². The molecule has 2 atom stereocenters. The van der Waals surface area contributed by atoms with Gasteiger partial charge >= 0.3 is 5.97 Å². The fraction of sp³-hybridized carbons (Fsp3) is 0.429. The van der Waals surface area contributed by atoms with E-state index >= 15 is 0 Å². The zero-order valence-corrected chi connectivity index (χ0v) is 13.1. The lowest BCUT2D eigenvalue weighted by molar-refractivity contribution is -0.136. The summed E-state index contributed by atoms with van der Waals surface area (Å²) in [7, 11) is 0. The fourth-order valence-electron chi connectivity index (χ4n) is 1.77. The number of hydrogen-bond donors (Lipinski definition) is 1. The quantitative estimate of drug-likeness (QED) is 0.587. The third kappa shape index (κ3) is 6.04. The molecular weight excluding hydrogens is 359 g/mol. The predicted octanol–water partition coefficient (Wildman–Crippen LogP) is 3.07. The Bertz CT molecular complexity index is 459. The lowest BCUT2D eigenvalue weighted by atomic mass is 10.1. The third-order valence-corrected chi connectivity index (χ3v) is 3.73. The summed E-state index contributed by atoms with van der Waals surface area (Å²) < 4.78 is 5.83. The highest BCUT2D eigenvalue weighted by Gasteiger charge is 2.15. The molecule has 0 aromatic heterocycles. The van der Waals surface area contributed by atoms with Gasteiger partial charge in [0.25, 0.3) is 0 Å². The van der Waals surface area contributed by atoms with Gasteiger partial charge in [-0.2, -0.15) is 0 Å². The SMILES string of the molecule is CC(CC(C)C(=O)I)Oc1cccc(CC(=O)O)c1. The summed E-state index contributed by atoms with van der Waals surface area (Å²) in [4.78, 5) is 21.8. The van der Waals surface area contributed by atoms with E-state index in [0.29, 0.717) is 17.7 Å². The molecule has 0 spiro atoms. The Morgan fingerprint density at radius 3 is 2.63 bits per heavy atom. The van der Waals surface area contributed by atoms with E-state index < -0.39 is 5.97 Å². The van der Waals surface area contributed by atoms with Crippen molar-refractivity contribution in [2.45, 2.75) is 32.8 Å². The van der Waals surface area contributed by atoms with E-state index in [9.17, 15) is 9.59 Å². The van der Waals surface area contributed by atoms with Crippen LogP contribution in [0.5, 0.6) is 5.75 Å². The Morgan fingerprint density at radius 2 is 2.05 bits per heavy atom. The second-order valence-electron chi connectivity index (χ2n) is 4.59. The number of carbonyl (C=O) groups is 2. The van der Waals surface area contributed by atoms with E-state index in [-0.39, 0.29) is 22.2 Å². The normalized spacial score (nSPS) is 13.6. The number of halogens is 1. The molecule has 1 rings (SSSR count). The molecule has 0 bridgehead atoms. The standard InChI is InChI=1S/C14H17IO4/c1-9(14(15)18)6-10(2)19-12-5-3-4-11(7-12)8-13(16)17/h3-5,7,9-10H,6,8H2,1-2H3,(H,16,17). The van der Waals surface area contributed by atoms with Gasteiger partial charge in [-0.05, 0) is 53.6 Å². The summed E-state index contributed by atoms with van der Waals surface area (Å²) in [6, 6.07) is 7.04. The molecule has 0 heterocycles. The van der Waals surface area contributed by atoms with Crippen molar-refractivity contribution in [2.24, 2.45) is 5.92 Å². The number of carbonyl (C=O) groups excluding carboxylic acids is 1. The number of ether oxygens (including phenoxy) is 1. The van der Waals surface area contributed by atoms with Gasteiger partial charge in [0.1, 0.15) is 5.75 Å². The first-order chi connectivity index (χ1) is 8.88. The van der Waals surface area contributed by atoms with Crippen molar-refractivity contribution in [3.63, 3.8) is 0 Å². The van der Waals surface area contributed by atoms with Crippen molar-refractivity contribution < 1.29 is 19.4 Å². The molecule has 0 aliphatic rings. The second-order valence-corrected chi connectivity index (χ2v) is 5.65. The lowest BCUT2D eigenvalue weighted by Gasteiger charge is -2.17. The van der Waals surface area contributed by atoms with E-state index in [1.807, 2.05) is 13.8 Å². The van der Waals surface area contributed by atoms with Crippen LogP contribution in [0.1, 0.15) is 25.8 Å². The van der Waals surface area contributed by atoms with Crippen LogP contribution < -0.4 is 4.74 Å². The highest BCUT2D eigenvalue weighted by molar-refractivity contribution is 14.1. The molecule has 0 fully saturated rings. The van der Waals surface area contributed by atoms with Crippen LogP contribution in [-0.2, 0) is 16.0 Å². The average Bonchev–Trinajstić information content (AvgIpc) is 2.27. The average molecular weight is 376 g/mol. The summed E-state index contributed by atoms with van der Waals surface area (Å²) in [5, 5.41) is 8.74. The minimum atomic E-state index is -0.866. The van der Waals surface area contributed by atoms with Crippen LogP contribution in [0.25, 0.3) is 0 Å². The van der Waals surface area contributed by atoms with Gasteiger partial charge in [-0.3, -0.25) is 9.59 Å². The topological polar surface area (TPSA) is 63.6 Å². The van der Waals surface area contributed by atoms with E-state index in [4.69, 9.17) is 9.84 Å². The van der Waals surface area contributed by atoms with Crippen LogP contribution >= 0.6 is 22.6 Å². The van der Waals surface area contributed by atoms with Gasteiger partial charge < -0.3 is 9.84 Å². The molecule has 5 heteroatoms. The molecule has 19 heavy (non-hydrogen) atoms. The molecule has 0 radical (unpaired) electrons. The molecule has 0 amide bonds. The molecule has 4 nitrogen and oxygen atoms in total. The first-order valence-electron chi connectivity index (χ1n) is 6.05. The molecule has 0 aliphatic carbocycles. The van der Waals surface area contributed by atoms with Crippen LogP contribution in [0.4, 0.5) is 0 Å². The largest absolute Gasteiger partial charge is 0.491 e. The molecule has 1 aromatic carbocycles. The van der Waals surface area contributed by atoms with Gasteiger partial charge in [-0.1, -0.05) is 19.1 Å². The number of aliphatic carboxylic acids is 1. The molecule has 104 valence electrons. The smallest absolute Gasteiger partial charge is 0.307 e. The Balaban J connectivity index is 2.61. The number of carboxylic acid groups (broad SMARTS) is 1. The third-order valence-electron chi connectivity index (χ3n) is 2.66. The van der Waals surface area contributed by atoms with Crippen LogP contribution in [0.3, 0.4) is 0 Å². The first-order valence-corrected chi connectivity index (χ1v) is 7.13. The van der Waals surface area contributed by atoms with E-state index in [1.54, 1.807) is 46.9 Å². The Morgan fingerprint density at radius 1 is 1.37 bits per heavy atom. The second kappa shape index (κ2) is 7.47. The van der Waals surface area contributed by atoms with Crippen LogP contribution in [0.15, 0.2) is 24.3 Å². The lowest BCUT2D eigenvalue weighted by Crippen LogP contribution is -2.18. The minimum Gasteiger partial charge on any atom is -0.491 e. The van der Waals surface area contributed by atoms with Crippen LogP contribution in [0, 0.1) is 5.92 Å². The Kier molecular flexibility index (Phi) is 6.27. The zero-order valence-electron chi connectivity index (χ0n) is 10.9. The van der Waals surface area contributed by atoms with Crippen LogP contribution in [-0.4, -0.2) is 21.0 Å². The van der Waals surface area contributed by atoms with E-state index in [2.05, 4.69) is 0 Å². The van der Waals surface area contributed by atoms with Gasteiger partial charge in [0, 0.05) is 5.92 Å². The van der Waals surface area contributed by atoms with Gasteiger partial charge in [-0.15, -0.1) is 0 Å². The molecular formula is C14H17IO4. The van der Waals surface area contributed by atoms with Crippen molar-refractivity contribution in [2.75, 3.05) is 0 Å². The maximum absolute atomic E-state index is 11.2. The molecule has 0 saturated carbocycles. The summed E-state index contributed by atoms with van der Waals surface area (Å²) in [5.74, 6) is -0.272. The number of carboxylic acids is 1. The maximum atomic E-state index is 11.2. The number of benzene rings is 1. The van der Waals surface area contributed by atoms with E-state index in [0.717, 1.165) is 0 Å². The molecule has 0 saturated heterocycles. The van der Waals surface area contributed by atoms with Crippen molar-refractivity contribution in [3.05, 3.63) is 29.8 Å². The molecule has 1 aromatic rings. The van der Waals surface area contributed by atoms with Crippen molar-refractivity contribution >= 4 is 32.4 Å². The zero-order chi connectivity index (χ0) is 14.4. The molecule has 2 unspecified atom stereocenters. The van der Waals surface area contributed by atoms with Gasteiger partial charge in [0.05, 0.1) is 12.5 Å². The Labute approximate surface area is 126 Å². The van der Waals surface area contributed by atoms with E-state index in [1.165, 1.54) is 0 Å². The highest BCUT2D eigenvalue weighted by atomic mass is 127. The van der Waals surface area contributed by atoms with Crippen LogP contribution in [0.2, 0.25) is 0 Å². The summed E-state index contributed by atoms with van der Waals surface area (Å²) in [6.07, 6.45) is 0.535. The molecule has 1 N–H and O–H groups in total. The fourth-order valence-corrected chi connectivity index (χ4v) is 2.03. The highest BCUT2D eigenvalue weighted by Crippen LogP contribution is 2.19. The van der Waals surface area contributed by atoms with Gasteiger partial charge in [-0.25, -0.2) is 0 Å². The van der Waals surface area contributed by atoms with Crippen molar-refractivity contribution in [3.8, 4) is 5.75 Å². The number of hydrogen-bond acceptors (Lipinski definition) is 3. The number of rotatable bonds is 7. The first kappa shape index (κ1) is 15.9. The minimum absolute atomic E-state index is 0.0196. The van der Waals surface area contributed by atoms with Crippen molar-refractivity contribution in [1.82, 2.24) is 0 Å². The summed E-state index contributed by atoms with van der Waals surface area (Å²) in [6.45, 7) is 3.77.